The second kappa shape index (κ2) is 3.24. The standard InChI is InChI=1S/C12H12ClNO/c1-7-8-5-6-11(13)14-12(8)9-3-2-4-10(9)15-7/h5-6,9-10H,1-4H2/t9-,10+/m1/s1. The van der Waals surface area contributed by atoms with Crippen molar-refractivity contribution in [3.05, 3.63) is 35.1 Å². The van der Waals surface area contributed by atoms with Crippen LogP contribution >= 0.6 is 11.6 Å². The number of aromatic nitrogens is 1. The lowest BCUT2D eigenvalue weighted by Crippen LogP contribution is -2.23. The first-order chi connectivity index (χ1) is 7.25. The van der Waals surface area contributed by atoms with Gasteiger partial charge in [-0.25, -0.2) is 4.98 Å². The quantitative estimate of drug-likeness (QED) is 0.627. The first kappa shape index (κ1) is 9.22. The van der Waals surface area contributed by atoms with Crippen molar-refractivity contribution in [2.24, 2.45) is 0 Å². The van der Waals surface area contributed by atoms with E-state index in [1.165, 1.54) is 6.42 Å². The zero-order valence-corrected chi connectivity index (χ0v) is 9.13. The molecule has 0 N–H and O–H groups in total. The molecule has 1 aliphatic carbocycles. The lowest BCUT2D eigenvalue weighted by atomic mass is 9.93. The third-order valence-electron chi connectivity index (χ3n) is 3.29. The van der Waals surface area contributed by atoms with Crippen LogP contribution in [0.25, 0.3) is 5.76 Å². The molecule has 78 valence electrons. The van der Waals surface area contributed by atoms with Gasteiger partial charge in [-0.2, -0.15) is 0 Å². The summed E-state index contributed by atoms with van der Waals surface area (Å²) in [6, 6.07) is 3.76. The number of nitrogens with zero attached hydrogens (tertiary/aromatic N) is 1. The summed E-state index contributed by atoms with van der Waals surface area (Å²) in [7, 11) is 0. The molecular formula is C12H12ClNO. The maximum absolute atomic E-state index is 5.93. The molecule has 1 aliphatic heterocycles. The van der Waals surface area contributed by atoms with E-state index in [4.69, 9.17) is 16.3 Å². The van der Waals surface area contributed by atoms with Crippen LogP contribution < -0.4 is 0 Å². The summed E-state index contributed by atoms with van der Waals surface area (Å²) in [5.41, 5.74) is 2.11. The van der Waals surface area contributed by atoms with Gasteiger partial charge in [-0.05, 0) is 31.4 Å². The van der Waals surface area contributed by atoms with E-state index in [-0.39, 0.29) is 6.10 Å². The Balaban J connectivity index is 2.15. The van der Waals surface area contributed by atoms with Gasteiger partial charge < -0.3 is 4.74 Å². The van der Waals surface area contributed by atoms with Crippen LogP contribution in [-0.4, -0.2) is 11.1 Å². The maximum Gasteiger partial charge on any atom is 0.129 e. The van der Waals surface area contributed by atoms with Gasteiger partial charge in [0.05, 0.1) is 5.69 Å². The molecule has 2 nitrogen and oxygen atoms in total. The van der Waals surface area contributed by atoms with Crippen LogP contribution in [0.3, 0.4) is 0 Å². The van der Waals surface area contributed by atoms with Crippen molar-refractivity contribution in [3.63, 3.8) is 0 Å². The van der Waals surface area contributed by atoms with Crippen LogP contribution in [0.4, 0.5) is 0 Å². The number of fused-ring (bicyclic) bond motifs is 3. The maximum atomic E-state index is 5.93. The fourth-order valence-electron chi connectivity index (χ4n) is 2.59. The van der Waals surface area contributed by atoms with Crippen molar-refractivity contribution in [1.82, 2.24) is 4.98 Å². The Labute approximate surface area is 93.9 Å². The SMILES string of the molecule is C=C1O[C@H]2CCC[C@H]2c2nc(Cl)ccc21. The molecule has 1 saturated carbocycles. The summed E-state index contributed by atoms with van der Waals surface area (Å²) in [5.74, 6) is 1.17. The predicted molar refractivity (Wildman–Crippen MR) is 59.7 cm³/mol. The summed E-state index contributed by atoms with van der Waals surface area (Å²) in [5, 5.41) is 0.564. The van der Waals surface area contributed by atoms with Gasteiger partial charge in [0.25, 0.3) is 0 Å². The Morgan fingerprint density at radius 3 is 3.13 bits per heavy atom. The first-order valence-corrected chi connectivity index (χ1v) is 5.66. The van der Waals surface area contributed by atoms with Crippen molar-refractivity contribution < 1.29 is 4.74 Å². The van der Waals surface area contributed by atoms with E-state index in [9.17, 15) is 0 Å². The normalized spacial score (nSPS) is 28.2. The number of rotatable bonds is 0. The van der Waals surface area contributed by atoms with Gasteiger partial charge in [0.2, 0.25) is 0 Å². The number of hydrogen-bond acceptors (Lipinski definition) is 2. The van der Waals surface area contributed by atoms with E-state index < -0.39 is 0 Å². The highest BCUT2D eigenvalue weighted by atomic mass is 35.5. The average Bonchev–Trinajstić information content (AvgIpc) is 2.65. The lowest BCUT2D eigenvalue weighted by Gasteiger charge is -2.29. The van der Waals surface area contributed by atoms with Crippen molar-refractivity contribution >= 4 is 17.4 Å². The van der Waals surface area contributed by atoms with E-state index in [0.717, 1.165) is 29.9 Å². The Morgan fingerprint density at radius 2 is 2.27 bits per heavy atom. The van der Waals surface area contributed by atoms with E-state index >= 15 is 0 Å². The second-order valence-corrected chi connectivity index (χ2v) is 4.57. The van der Waals surface area contributed by atoms with Gasteiger partial charge in [-0.1, -0.05) is 18.2 Å². The van der Waals surface area contributed by atoms with Crippen LogP contribution in [0.2, 0.25) is 5.15 Å². The van der Waals surface area contributed by atoms with Crippen LogP contribution in [0.15, 0.2) is 18.7 Å². The minimum absolute atomic E-state index is 0.274. The second-order valence-electron chi connectivity index (χ2n) is 4.18. The van der Waals surface area contributed by atoms with Crippen molar-refractivity contribution in [2.75, 3.05) is 0 Å². The molecule has 0 bridgehead atoms. The summed E-state index contributed by atoms with van der Waals surface area (Å²) in [6.45, 7) is 3.94. The van der Waals surface area contributed by atoms with Crippen molar-refractivity contribution in [2.45, 2.75) is 31.3 Å². The minimum Gasteiger partial charge on any atom is -0.490 e. The van der Waals surface area contributed by atoms with Gasteiger partial charge in [0.15, 0.2) is 0 Å². The third kappa shape index (κ3) is 1.36. The molecule has 15 heavy (non-hydrogen) atoms. The molecule has 1 fully saturated rings. The van der Waals surface area contributed by atoms with Gasteiger partial charge in [-0.3, -0.25) is 0 Å². The summed E-state index contributed by atoms with van der Waals surface area (Å²) in [4.78, 5) is 4.43. The molecule has 0 spiro atoms. The number of halogens is 1. The van der Waals surface area contributed by atoms with Gasteiger partial charge in [0.1, 0.15) is 17.0 Å². The molecule has 2 atom stereocenters. The van der Waals surface area contributed by atoms with E-state index in [1.807, 2.05) is 6.07 Å². The molecular weight excluding hydrogens is 210 g/mol. The van der Waals surface area contributed by atoms with Gasteiger partial charge >= 0.3 is 0 Å². The van der Waals surface area contributed by atoms with Crippen LogP contribution in [0.1, 0.15) is 36.4 Å². The van der Waals surface area contributed by atoms with Crippen LogP contribution in [-0.2, 0) is 4.74 Å². The largest absolute Gasteiger partial charge is 0.490 e. The summed E-state index contributed by atoms with van der Waals surface area (Å²) < 4.78 is 5.80. The number of pyridine rings is 1. The Kier molecular flexibility index (Phi) is 1.99. The molecule has 3 rings (SSSR count). The Morgan fingerprint density at radius 1 is 1.40 bits per heavy atom. The Hall–Kier alpha value is -1.02. The molecule has 0 aromatic carbocycles. The predicted octanol–water partition coefficient (Wildman–Crippen LogP) is 3.37. The van der Waals surface area contributed by atoms with Crippen LogP contribution in [0.5, 0.6) is 0 Å². The molecule has 0 radical (unpaired) electrons. The van der Waals surface area contributed by atoms with Crippen molar-refractivity contribution in [1.29, 1.82) is 0 Å². The highest BCUT2D eigenvalue weighted by Crippen LogP contribution is 2.44. The zero-order valence-electron chi connectivity index (χ0n) is 8.37. The summed E-state index contributed by atoms with van der Waals surface area (Å²) >= 11 is 5.93. The third-order valence-corrected chi connectivity index (χ3v) is 3.50. The molecule has 2 aliphatic rings. The lowest BCUT2D eigenvalue weighted by molar-refractivity contribution is 0.144. The summed E-state index contributed by atoms with van der Waals surface area (Å²) in [6.07, 6.45) is 3.74. The van der Waals surface area contributed by atoms with Crippen LogP contribution in [0, 0.1) is 0 Å². The number of ether oxygens (including phenoxy) is 1. The molecule has 1 aromatic heterocycles. The van der Waals surface area contributed by atoms with E-state index in [1.54, 1.807) is 6.07 Å². The topological polar surface area (TPSA) is 22.1 Å². The first-order valence-electron chi connectivity index (χ1n) is 5.28. The van der Waals surface area contributed by atoms with E-state index in [0.29, 0.717) is 11.1 Å². The van der Waals surface area contributed by atoms with Crippen molar-refractivity contribution in [3.8, 4) is 0 Å². The molecule has 2 heterocycles. The smallest absolute Gasteiger partial charge is 0.129 e. The van der Waals surface area contributed by atoms with E-state index in [2.05, 4.69) is 11.6 Å². The molecule has 0 unspecified atom stereocenters. The highest BCUT2D eigenvalue weighted by Gasteiger charge is 2.37. The molecule has 0 saturated heterocycles. The van der Waals surface area contributed by atoms with Gasteiger partial charge in [0, 0.05) is 11.5 Å². The monoisotopic (exact) mass is 221 g/mol. The average molecular weight is 222 g/mol. The minimum atomic E-state index is 0.274. The molecule has 0 amide bonds. The fraction of sp³-hybridized carbons (Fsp3) is 0.417. The Bertz CT molecular complexity index is 430. The fourth-order valence-corrected chi connectivity index (χ4v) is 2.75. The zero-order chi connectivity index (χ0) is 10.4. The highest BCUT2D eigenvalue weighted by molar-refractivity contribution is 6.29. The molecule has 1 aromatic rings. The molecule has 3 heteroatoms. The van der Waals surface area contributed by atoms with Gasteiger partial charge in [-0.15, -0.1) is 0 Å². The number of hydrogen-bond donors (Lipinski definition) is 0.